The normalized spacial score (nSPS) is 20.6. The van der Waals surface area contributed by atoms with Crippen LogP contribution in [0.2, 0.25) is 0 Å². The number of carbonyl (C=O) groups is 2. The van der Waals surface area contributed by atoms with E-state index >= 15 is 0 Å². The maximum atomic E-state index is 11.6. The third-order valence-corrected chi connectivity index (χ3v) is 2.64. The van der Waals surface area contributed by atoms with Crippen molar-refractivity contribution in [2.45, 2.75) is 19.4 Å². The number of morpholine rings is 1. The molecule has 0 aromatic heterocycles. The summed E-state index contributed by atoms with van der Waals surface area (Å²) in [6, 6.07) is -0.251. The first kappa shape index (κ1) is 13.3. The highest BCUT2D eigenvalue weighted by Gasteiger charge is 2.29. The molecule has 1 saturated heterocycles. The van der Waals surface area contributed by atoms with E-state index in [1.54, 1.807) is 6.92 Å². The van der Waals surface area contributed by atoms with Crippen molar-refractivity contribution in [2.24, 2.45) is 0 Å². The molecule has 1 unspecified atom stereocenters. The topological polar surface area (TPSA) is 55.8 Å². The third kappa shape index (κ3) is 3.64. The molecule has 1 fully saturated rings. The Hall–Kier alpha value is -0.810. The first-order chi connectivity index (χ1) is 7.69. The van der Waals surface area contributed by atoms with Crippen molar-refractivity contribution in [1.82, 2.24) is 4.90 Å². The van der Waals surface area contributed by atoms with Gasteiger partial charge in [0.25, 0.3) is 0 Å². The Labute approximate surface area is 99.6 Å². The van der Waals surface area contributed by atoms with Crippen molar-refractivity contribution in [1.29, 1.82) is 0 Å². The number of alkyl halides is 1. The average molecular weight is 250 g/mol. The van der Waals surface area contributed by atoms with E-state index in [4.69, 9.17) is 21.1 Å². The van der Waals surface area contributed by atoms with Gasteiger partial charge in [-0.05, 0) is 6.92 Å². The molecule has 0 aliphatic carbocycles. The van der Waals surface area contributed by atoms with Gasteiger partial charge in [-0.2, -0.15) is 0 Å². The Morgan fingerprint density at radius 1 is 1.56 bits per heavy atom. The predicted octanol–water partition coefficient (Wildman–Crippen LogP) is 1.04. The molecule has 5 nitrogen and oxygen atoms in total. The van der Waals surface area contributed by atoms with E-state index in [-0.39, 0.29) is 24.1 Å². The summed E-state index contributed by atoms with van der Waals surface area (Å²) < 4.78 is 10.2. The Morgan fingerprint density at radius 2 is 2.31 bits per heavy atom. The Bertz CT molecular complexity index is 259. The summed E-state index contributed by atoms with van der Waals surface area (Å²) in [5, 5.41) is 0. The van der Waals surface area contributed by atoms with E-state index in [9.17, 15) is 9.59 Å². The molecule has 1 aliphatic rings. The molecule has 16 heavy (non-hydrogen) atoms. The highest BCUT2D eigenvalue weighted by atomic mass is 35.5. The van der Waals surface area contributed by atoms with Gasteiger partial charge in [-0.3, -0.25) is 4.79 Å². The molecule has 1 atom stereocenters. The molecule has 1 aliphatic heterocycles. The summed E-state index contributed by atoms with van der Waals surface area (Å²) in [6.07, 6.45) is -0.166. The number of hydrogen-bond acceptors (Lipinski definition) is 4. The van der Waals surface area contributed by atoms with E-state index in [1.807, 2.05) is 0 Å². The van der Waals surface area contributed by atoms with Gasteiger partial charge in [0, 0.05) is 13.0 Å². The maximum absolute atomic E-state index is 11.6. The standard InChI is InChI=1S/C10H16ClNO4/c1-2-16-10(14)12-3-4-15-7-8(12)5-9(13)6-11/h8H,2-7H2,1H3. The molecular weight excluding hydrogens is 234 g/mol. The molecule has 0 saturated carbocycles. The number of ketones is 1. The lowest BCUT2D eigenvalue weighted by molar-refractivity contribution is -0.119. The van der Waals surface area contributed by atoms with Gasteiger partial charge in [0.1, 0.15) is 5.78 Å². The van der Waals surface area contributed by atoms with E-state index in [0.29, 0.717) is 26.4 Å². The predicted molar refractivity (Wildman–Crippen MR) is 58.7 cm³/mol. The first-order valence-electron chi connectivity index (χ1n) is 5.27. The zero-order valence-corrected chi connectivity index (χ0v) is 10.0. The van der Waals surface area contributed by atoms with Gasteiger partial charge < -0.3 is 14.4 Å². The Kier molecular flexibility index (Phi) is 5.55. The summed E-state index contributed by atoms with van der Waals surface area (Å²) in [6.45, 7) is 3.37. The van der Waals surface area contributed by atoms with Crippen molar-refractivity contribution in [3.63, 3.8) is 0 Å². The third-order valence-electron chi connectivity index (χ3n) is 2.34. The van der Waals surface area contributed by atoms with Crippen LogP contribution >= 0.6 is 11.6 Å². The number of rotatable bonds is 4. The number of hydrogen-bond donors (Lipinski definition) is 0. The van der Waals surface area contributed by atoms with Gasteiger partial charge in [-0.1, -0.05) is 0 Å². The van der Waals surface area contributed by atoms with Crippen molar-refractivity contribution in [2.75, 3.05) is 32.2 Å². The molecule has 0 radical (unpaired) electrons. The van der Waals surface area contributed by atoms with Crippen molar-refractivity contribution in [3.05, 3.63) is 0 Å². The van der Waals surface area contributed by atoms with E-state index in [0.717, 1.165) is 0 Å². The number of Topliss-reactive ketones (excluding diaryl/α,β-unsaturated/α-hetero) is 1. The van der Waals surface area contributed by atoms with Crippen molar-refractivity contribution >= 4 is 23.5 Å². The largest absolute Gasteiger partial charge is 0.450 e. The lowest BCUT2D eigenvalue weighted by atomic mass is 10.1. The van der Waals surface area contributed by atoms with Crippen LogP contribution in [-0.4, -0.2) is 55.1 Å². The number of carbonyl (C=O) groups excluding carboxylic acids is 2. The second kappa shape index (κ2) is 6.70. The van der Waals surface area contributed by atoms with Crippen LogP contribution in [0.25, 0.3) is 0 Å². The summed E-state index contributed by atoms with van der Waals surface area (Å²) in [4.78, 5) is 24.4. The molecule has 92 valence electrons. The fourth-order valence-electron chi connectivity index (χ4n) is 1.59. The highest BCUT2D eigenvalue weighted by Crippen LogP contribution is 2.12. The lowest BCUT2D eigenvalue weighted by Crippen LogP contribution is -2.49. The fraction of sp³-hybridized carbons (Fsp3) is 0.800. The van der Waals surface area contributed by atoms with Crippen molar-refractivity contribution in [3.8, 4) is 0 Å². The minimum Gasteiger partial charge on any atom is -0.450 e. The second-order valence-electron chi connectivity index (χ2n) is 3.50. The smallest absolute Gasteiger partial charge is 0.410 e. The molecule has 1 heterocycles. The maximum Gasteiger partial charge on any atom is 0.410 e. The molecule has 6 heteroatoms. The Morgan fingerprint density at radius 3 is 2.94 bits per heavy atom. The molecule has 0 aromatic carbocycles. The summed E-state index contributed by atoms with van der Waals surface area (Å²) in [7, 11) is 0. The monoisotopic (exact) mass is 249 g/mol. The molecule has 1 rings (SSSR count). The number of nitrogens with zero attached hydrogens (tertiary/aromatic N) is 1. The van der Waals surface area contributed by atoms with Crippen LogP contribution in [0, 0.1) is 0 Å². The molecule has 1 amide bonds. The number of halogens is 1. The summed E-state index contributed by atoms with van der Waals surface area (Å²) >= 11 is 5.43. The van der Waals surface area contributed by atoms with Gasteiger partial charge in [0.2, 0.25) is 0 Å². The zero-order chi connectivity index (χ0) is 12.0. The van der Waals surface area contributed by atoms with Gasteiger partial charge >= 0.3 is 6.09 Å². The molecular formula is C10H16ClNO4. The van der Waals surface area contributed by atoms with Gasteiger partial charge in [0.15, 0.2) is 0 Å². The lowest BCUT2D eigenvalue weighted by Gasteiger charge is -2.34. The SMILES string of the molecule is CCOC(=O)N1CCOCC1CC(=O)CCl. The molecule has 0 spiro atoms. The molecule has 0 bridgehead atoms. The van der Waals surface area contributed by atoms with Crippen LogP contribution in [0.15, 0.2) is 0 Å². The molecule has 0 aromatic rings. The minimum absolute atomic E-state index is 0.0346. The van der Waals surface area contributed by atoms with Crippen LogP contribution < -0.4 is 0 Å². The van der Waals surface area contributed by atoms with Gasteiger partial charge in [-0.25, -0.2) is 4.79 Å². The van der Waals surface area contributed by atoms with E-state index in [1.165, 1.54) is 4.90 Å². The van der Waals surface area contributed by atoms with Gasteiger partial charge in [0.05, 0.1) is 31.7 Å². The van der Waals surface area contributed by atoms with Crippen LogP contribution in [0.5, 0.6) is 0 Å². The zero-order valence-electron chi connectivity index (χ0n) is 9.28. The van der Waals surface area contributed by atoms with E-state index in [2.05, 4.69) is 0 Å². The minimum atomic E-state index is -0.391. The number of amides is 1. The quantitative estimate of drug-likeness (QED) is 0.699. The highest BCUT2D eigenvalue weighted by molar-refractivity contribution is 6.27. The van der Waals surface area contributed by atoms with Crippen LogP contribution in [0.4, 0.5) is 4.79 Å². The summed E-state index contributed by atoms with van der Waals surface area (Å²) in [5.41, 5.74) is 0. The van der Waals surface area contributed by atoms with Gasteiger partial charge in [-0.15, -0.1) is 11.6 Å². The molecule has 0 N–H and O–H groups in total. The number of ether oxygens (including phenoxy) is 2. The summed E-state index contributed by atoms with van der Waals surface area (Å²) in [5.74, 6) is -0.126. The van der Waals surface area contributed by atoms with E-state index < -0.39 is 6.09 Å². The fourth-order valence-corrected chi connectivity index (χ4v) is 1.70. The Balaban J connectivity index is 2.56. The van der Waals surface area contributed by atoms with Crippen LogP contribution in [0.3, 0.4) is 0 Å². The average Bonchev–Trinajstić information content (AvgIpc) is 2.30. The first-order valence-corrected chi connectivity index (χ1v) is 5.81. The van der Waals surface area contributed by atoms with Crippen LogP contribution in [-0.2, 0) is 14.3 Å². The second-order valence-corrected chi connectivity index (χ2v) is 3.76. The van der Waals surface area contributed by atoms with Crippen molar-refractivity contribution < 1.29 is 19.1 Å². The van der Waals surface area contributed by atoms with Crippen LogP contribution in [0.1, 0.15) is 13.3 Å².